The Hall–Kier alpha value is -2.05. The Morgan fingerprint density at radius 1 is 1.22 bits per heavy atom. The van der Waals surface area contributed by atoms with Crippen molar-refractivity contribution in [1.29, 1.82) is 5.26 Å². The van der Waals surface area contributed by atoms with Crippen molar-refractivity contribution in [3.05, 3.63) is 58.4 Å². The lowest BCUT2D eigenvalue weighted by molar-refractivity contribution is 0.475. The van der Waals surface area contributed by atoms with Crippen LogP contribution in [-0.2, 0) is 0 Å². The first-order valence-corrected chi connectivity index (χ1v) is 5.61. The van der Waals surface area contributed by atoms with E-state index in [1.165, 1.54) is 12.1 Å². The van der Waals surface area contributed by atoms with Gasteiger partial charge in [0.1, 0.15) is 23.4 Å². The number of nitrogens with zero attached hydrogens (tertiary/aromatic N) is 1. The molecule has 0 aliphatic heterocycles. The van der Waals surface area contributed by atoms with E-state index in [0.29, 0.717) is 17.1 Å². The van der Waals surface area contributed by atoms with Gasteiger partial charge in [-0.05, 0) is 36.8 Å². The van der Waals surface area contributed by atoms with Gasteiger partial charge in [-0.15, -0.1) is 0 Å². The molecule has 90 valence electrons. The predicted molar refractivity (Wildman–Crippen MR) is 67.4 cm³/mol. The molecular formula is C14H9ClFNO. The molecule has 0 saturated carbocycles. The topological polar surface area (TPSA) is 33.0 Å². The van der Waals surface area contributed by atoms with Crippen LogP contribution in [0.1, 0.15) is 11.1 Å². The second kappa shape index (κ2) is 5.07. The molecule has 4 heteroatoms. The molecule has 0 spiro atoms. The van der Waals surface area contributed by atoms with Gasteiger partial charge in [-0.3, -0.25) is 0 Å². The molecule has 0 atom stereocenters. The van der Waals surface area contributed by atoms with Crippen LogP contribution in [0.4, 0.5) is 4.39 Å². The van der Waals surface area contributed by atoms with Crippen LogP contribution in [0, 0.1) is 24.1 Å². The molecule has 2 aromatic carbocycles. The maximum absolute atomic E-state index is 13.3. The minimum Gasteiger partial charge on any atom is -0.456 e. The number of aryl methyl sites for hydroxylation is 1. The summed E-state index contributed by atoms with van der Waals surface area (Å²) in [4.78, 5) is 0. The van der Waals surface area contributed by atoms with E-state index in [1.807, 2.05) is 19.1 Å². The van der Waals surface area contributed by atoms with E-state index < -0.39 is 5.82 Å². The van der Waals surface area contributed by atoms with Crippen LogP contribution in [0.2, 0.25) is 5.02 Å². The molecule has 2 aromatic rings. The summed E-state index contributed by atoms with van der Waals surface area (Å²) in [5.41, 5.74) is 1.36. The summed E-state index contributed by atoms with van der Waals surface area (Å²) in [7, 11) is 0. The number of halogens is 2. The molecule has 0 radical (unpaired) electrons. The molecule has 0 unspecified atom stereocenters. The lowest BCUT2D eigenvalue weighted by atomic mass is 10.1. The van der Waals surface area contributed by atoms with Crippen LogP contribution in [0.15, 0.2) is 36.4 Å². The van der Waals surface area contributed by atoms with E-state index in [1.54, 1.807) is 18.2 Å². The maximum Gasteiger partial charge on any atom is 0.145 e. The van der Waals surface area contributed by atoms with Crippen LogP contribution in [0.25, 0.3) is 0 Å². The molecule has 2 nitrogen and oxygen atoms in total. The minimum atomic E-state index is -0.555. The number of hydrogen-bond donors (Lipinski definition) is 0. The largest absolute Gasteiger partial charge is 0.456 e. The average molecular weight is 262 g/mol. The number of benzene rings is 2. The fourth-order valence-corrected chi connectivity index (χ4v) is 1.59. The highest BCUT2D eigenvalue weighted by atomic mass is 35.5. The van der Waals surface area contributed by atoms with E-state index in [9.17, 15) is 4.39 Å². The van der Waals surface area contributed by atoms with E-state index in [-0.39, 0.29) is 5.02 Å². The third kappa shape index (κ3) is 2.61. The summed E-state index contributed by atoms with van der Waals surface area (Å²) in [6, 6.07) is 11.4. The maximum atomic E-state index is 13.3. The third-order valence-corrected chi connectivity index (χ3v) is 2.68. The van der Waals surface area contributed by atoms with Crippen molar-refractivity contribution in [2.24, 2.45) is 0 Å². The van der Waals surface area contributed by atoms with Crippen molar-refractivity contribution < 1.29 is 9.13 Å². The van der Waals surface area contributed by atoms with Gasteiger partial charge in [0.2, 0.25) is 0 Å². The Balaban J connectivity index is 2.36. The van der Waals surface area contributed by atoms with Crippen molar-refractivity contribution in [2.45, 2.75) is 6.92 Å². The Morgan fingerprint density at radius 3 is 2.67 bits per heavy atom. The monoisotopic (exact) mass is 261 g/mol. The van der Waals surface area contributed by atoms with Gasteiger partial charge >= 0.3 is 0 Å². The van der Waals surface area contributed by atoms with Gasteiger partial charge in [-0.25, -0.2) is 4.39 Å². The zero-order valence-corrected chi connectivity index (χ0v) is 10.3. The van der Waals surface area contributed by atoms with Crippen LogP contribution < -0.4 is 4.74 Å². The van der Waals surface area contributed by atoms with E-state index in [2.05, 4.69) is 0 Å². The number of hydrogen-bond acceptors (Lipinski definition) is 2. The van der Waals surface area contributed by atoms with Gasteiger partial charge in [0.05, 0.1) is 10.6 Å². The van der Waals surface area contributed by atoms with Crippen molar-refractivity contribution in [3.63, 3.8) is 0 Å². The highest BCUT2D eigenvalue weighted by Gasteiger charge is 2.07. The van der Waals surface area contributed by atoms with Gasteiger partial charge in [-0.2, -0.15) is 5.26 Å². The number of nitriles is 1. The summed E-state index contributed by atoms with van der Waals surface area (Å²) >= 11 is 5.58. The molecule has 2 rings (SSSR count). The fourth-order valence-electron chi connectivity index (χ4n) is 1.47. The molecule has 0 saturated heterocycles. The zero-order valence-electron chi connectivity index (χ0n) is 9.58. The van der Waals surface area contributed by atoms with Gasteiger partial charge in [0, 0.05) is 6.07 Å². The summed E-state index contributed by atoms with van der Waals surface area (Å²) in [6.07, 6.45) is 0. The normalized spacial score (nSPS) is 9.89. The van der Waals surface area contributed by atoms with Crippen LogP contribution in [0.3, 0.4) is 0 Å². The third-order valence-electron chi connectivity index (χ3n) is 2.38. The van der Waals surface area contributed by atoms with Gasteiger partial charge in [0.25, 0.3) is 0 Å². The molecule has 0 bridgehead atoms. The lowest BCUT2D eigenvalue weighted by Crippen LogP contribution is -1.90. The van der Waals surface area contributed by atoms with E-state index >= 15 is 0 Å². The van der Waals surface area contributed by atoms with Crippen molar-refractivity contribution in [2.75, 3.05) is 0 Å². The molecule has 0 heterocycles. The first-order chi connectivity index (χ1) is 8.60. The second-order valence-electron chi connectivity index (χ2n) is 3.79. The Bertz CT molecular complexity index is 634. The van der Waals surface area contributed by atoms with Gasteiger partial charge in [0.15, 0.2) is 0 Å². The van der Waals surface area contributed by atoms with Gasteiger partial charge in [-0.1, -0.05) is 17.7 Å². The van der Waals surface area contributed by atoms with E-state index in [0.717, 1.165) is 5.56 Å². The Kier molecular flexibility index (Phi) is 3.50. The van der Waals surface area contributed by atoms with Crippen LogP contribution >= 0.6 is 11.6 Å². The highest BCUT2D eigenvalue weighted by Crippen LogP contribution is 2.28. The minimum absolute atomic E-state index is 0.0344. The van der Waals surface area contributed by atoms with Gasteiger partial charge < -0.3 is 4.74 Å². The average Bonchev–Trinajstić information content (AvgIpc) is 2.34. The summed E-state index contributed by atoms with van der Waals surface area (Å²) in [6.45, 7) is 1.89. The SMILES string of the molecule is Cc1ccc(C#N)c(Oc2ccc(Cl)c(F)c2)c1. The molecule has 0 aliphatic rings. The summed E-state index contributed by atoms with van der Waals surface area (Å²) < 4.78 is 18.8. The molecule has 0 fully saturated rings. The van der Waals surface area contributed by atoms with Crippen molar-refractivity contribution in [1.82, 2.24) is 0 Å². The number of ether oxygens (including phenoxy) is 1. The standard InChI is InChI=1S/C14H9ClFNO/c1-9-2-3-10(8-17)14(6-9)18-11-4-5-12(15)13(16)7-11/h2-7H,1H3. The first-order valence-electron chi connectivity index (χ1n) is 5.24. The highest BCUT2D eigenvalue weighted by molar-refractivity contribution is 6.30. The molecule has 0 N–H and O–H groups in total. The van der Waals surface area contributed by atoms with Crippen molar-refractivity contribution in [3.8, 4) is 17.6 Å². The second-order valence-corrected chi connectivity index (χ2v) is 4.20. The van der Waals surface area contributed by atoms with E-state index in [4.69, 9.17) is 21.6 Å². The summed E-state index contributed by atoms with van der Waals surface area (Å²) in [5, 5.41) is 9.00. The molecule has 18 heavy (non-hydrogen) atoms. The Labute approximate surface area is 109 Å². The molecule has 0 aliphatic carbocycles. The predicted octanol–water partition coefficient (Wildman–Crippen LogP) is 4.45. The number of rotatable bonds is 2. The Morgan fingerprint density at radius 2 is 2.00 bits per heavy atom. The fraction of sp³-hybridized carbons (Fsp3) is 0.0714. The molecule has 0 amide bonds. The van der Waals surface area contributed by atoms with Crippen molar-refractivity contribution >= 4 is 11.6 Å². The first kappa shape index (κ1) is 12.4. The van der Waals surface area contributed by atoms with Crippen LogP contribution in [-0.4, -0.2) is 0 Å². The molecule has 0 aromatic heterocycles. The molecular weight excluding hydrogens is 253 g/mol. The van der Waals surface area contributed by atoms with Crippen LogP contribution in [0.5, 0.6) is 11.5 Å². The smallest absolute Gasteiger partial charge is 0.145 e. The summed E-state index contributed by atoms with van der Waals surface area (Å²) in [5.74, 6) is 0.151. The quantitative estimate of drug-likeness (QED) is 0.800. The zero-order chi connectivity index (χ0) is 13.1. The lowest BCUT2D eigenvalue weighted by Gasteiger charge is -2.08.